The van der Waals surface area contributed by atoms with Crippen LogP contribution in [-0.2, 0) is 13.6 Å². The van der Waals surface area contributed by atoms with E-state index in [4.69, 9.17) is 27.1 Å². The number of hydrogen-bond acceptors (Lipinski definition) is 7. The Morgan fingerprint density at radius 1 is 1.28 bits per heavy atom. The van der Waals surface area contributed by atoms with E-state index >= 15 is 0 Å². The monoisotopic (exact) mass is 456 g/mol. The fraction of sp³-hybridized carbons (Fsp3) is 0.565. The van der Waals surface area contributed by atoms with Crippen LogP contribution in [0.5, 0.6) is 5.88 Å². The third kappa shape index (κ3) is 3.15. The number of hydrogen-bond donors (Lipinski definition) is 1. The molecule has 0 amide bonds. The second-order valence-electron chi connectivity index (χ2n) is 9.34. The Labute approximate surface area is 192 Å². The molecule has 3 aliphatic rings. The maximum atomic E-state index is 13.4. The van der Waals surface area contributed by atoms with E-state index in [1.165, 1.54) is 20.0 Å². The third-order valence-corrected chi connectivity index (χ3v) is 8.10. The fourth-order valence-electron chi connectivity index (χ4n) is 5.67. The van der Waals surface area contributed by atoms with E-state index in [9.17, 15) is 4.79 Å². The zero-order valence-corrected chi connectivity index (χ0v) is 19.5. The highest BCUT2D eigenvalue weighted by molar-refractivity contribution is 6.36. The summed E-state index contributed by atoms with van der Waals surface area (Å²) in [6.07, 6.45) is 6.09. The average molecular weight is 457 g/mol. The number of pyridine rings is 1. The van der Waals surface area contributed by atoms with Crippen LogP contribution in [0.4, 0.5) is 5.95 Å². The van der Waals surface area contributed by atoms with E-state index in [0.717, 1.165) is 25.9 Å². The summed E-state index contributed by atoms with van der Waals surface area (Å²) in [4.78, 5) is 29.3. The van der Waals surface area contributed by atoms with Gasteiger partial charge in [0.05, 0.1) is 30.6 Å². The van der Waals surface area contributed by atoms with E-state index in [1.807, 2.05) is 0 Å². The number of fused-ring (bicyclic) bond motifs is 1. The molecule has 2 fully saturated rings. The minimum Gasteiger partial charge on any atom is -0.480 e. The predicted molar refractivity (Wildman–Crippen MR) is 125 cm³/mol. The molecule has 2 aromatic rings. The fourth-order valence-corrected chi connectivity index (χ4v) is 5.95. The molecular formula is C23H29ClN6O2. The zero-order chi connectivity index (χ0) is 22.6. The number of aliphatic imine (C=N–C) groups is 1. The number of nitrogens with two attached hydrogens (primary N) is 1. The van der Waals surface area contributed by atoms with Crippen LogP contribution in [0.1, 0.15) is 49.4 Å². The number of aromatic nitrogens is 3. The SMILES string of the molecule is COc1nccc(C2=NCc3nc(N4CCC5(CC[C@@H](C)[C@H]5N)CC4)n(C)c(=O)c32)c1Cl. The molecule has 170 valence electrons. The van der Waals surface area contributed by atoms with Gasteiger partial charge < -0.3 is 15.4 Å². The molecule has 0 aromatic carbocycles. The summed E-state index contributed by atoms with van der Waals surface area (Å²) in [7, 11) is 3.29. The number of ether oxygens (including phenoxy) is 1. The molecule has 5 rings (SSSR count). The smallest absolute Gasteiger partial charge is 0.264 e. The lowest BCUT2D eigenvalue weighted by Crippen LogP contribution is -2.49. The number of anilines is 1. The zero-order valence-electron chi connectivity index (χ0n) is 18.8. The van der Waals surface area contributed by atoms with Crippen molar-refractivity contribution in [3.05, 3.63) is 44.5 Å². The lowest BCUT2D eigenvalue weighted by atomic mass is 9.73. The molecule has 0 radical (unpaired) electrons. The van der Waals surface area contributed by atoms with Gasteiger partial charge in [0.2, 0.25) is 11.8 Å². The molecule has 32 heavy (non-hydrogen) atoms. The third-order valence-electron chi connectivity index (χ3n) is 7.73. The molecule has 1 saturated carbocycles. The Bertz CT molecular complexity index is 1150. The number of halogens is 1. The van der Waals surface area contributed by atoms with E-state index in [2.05, 4.69) is 21.8 Å². The maximum absolute atomic E-state index is 13.4. The summed E-state index contributed by atoms with van der Waals surface area (Å²) in [6.45, 7) is 4.34. The first-order chi connectivity index (χ1) is 15.4. The van der Waals surface area contributed by atoms with Crippen molar-refractivity contribution in [1.82, 2.24) is 14.5 Å². The van der Waals surface area contributed by atoms with E-state index in [-0.39, 0.29) is 17.0 Å². The number of methoxy groups -OCH3 is 1. The summed E-state index contributed by atoms with van der Waals surface area (Å²) in [5.74, 6) is 1.60. The molecule has 8 nitrogen and oxygen atoms in total. The Balaban J connectivity index is 1.45. The van der Waals surface area contributed by atoms with Gasteiger partial charge in [-0.25, -0.2) is 9.97 Å². The van der Waals surface area contributed by atoms with Crippen LogP contribution in [0, 0.1) is 11.3 Å². The highest BCUT2D eigenvalue weighted by Crippen LogP contribution is 2.48. The molecule has 0 bridgehead atoms. The maximum Gasteiger partial charge on any atom is 0.264 e. The van der Waals surface area contributed by atoms with E-state index < -0.39 is 0 Å². The van der Waals surface area contributed by atoms with E-state index in [1.54, 1.807) is 23.9 Å². The Morgan fingerprint density at radius 3 is 2.69 bits per heavy atom. The van der Waals surface area contributed by atoms with Crippen LogP contribution < -0.4 is 20.9 Å². The van der Waals surface area contributed by atoms with Gasteiger partial charge in [-0.3, -0.25) is 14.4 Å². The molecule has 2 aliphatic heterocycles. The topological polar surface area (TPSA) is 98.6 Å². The van der Waals surface area contributed by atoms with Crippen molar-refractivity contribution in [1.29, 1.82) is 0 Å². The van der Waals surface area contributed by atoms with Gasteiger partial charge in [-0.05, 0) is 43.1 Å². The molecule has 1 spiro atoms. The first kappa shape index (κ1) is 21.4. The quantitative estimate of drug-likeness (QED) is 0.762. The van der Waals surface area contributed by atoms with Crippen LogP contribution in [0.3, 0.4) is 0 Å². The van der Waals surface area contributed by atoms with Crippen LogP contribution >= 0.6 is 11.6 Å². The Morgan fingerprint density at radius 2 is 2.03 bits per heavy atom. The molecule has 9 heteroatoms. The van der Waals surface area contributed by atoms with Gasteiger partial charge in [0, 0.05) is 37.9 Å². The molecule has 1 saturated heterocycles. The summed E-state index contributed by atoms with van der Waals surface area (Å²) in [5.41, 5.74) is 9.08. The highest BCUT2D eigenvalue weighted by atomic mass is 35.5. The molecule has 2 atom stereocenters. The number of piperidine rings is 1. The molecule has 4 heterocycles. The second kappa shape index (κ2) is 7.85. The van der Waals surface area contributed by atoms with E-state index in [0.29, 0.717) is 51.8 Å². The van der Waals surface area contributed by atoms with Crippen molar-refractivity contribution in [2.45, 2.75) is 45.2 Å². The van der Waals surface area contributed by atoms with Crippen molar-refractivity contribution < 1.29 is 4.74 Å². The van der Waals surface area contributed by atoms with Gasteiger partial charge in [0.15, 0.2) is 0 Å². The van der Waals surface area contributed by atoms with Crippen LogP contribution in [-0.4, -0.2) is 46.5 Å². The van der Waals surface area contributed by atoms with Crippen molar-refractivity contribution in [2.75, 3.05) is 25.1 Å². The van der Waals surface area contributed by atoms with Crippen LogP contribution in [0.15, 0.2) is 22.1 Å². The average Bonchev–Trinajstić information content (AvgIpc) is 3.34. The molecule has 1 aliphatic carbocycles. The molecule has 2 aromatic heterocycles. The van der Waals surface area contributed by atoms with Gasteiger partial charge >= 0.3 is 0 Å². The summed E-state index contributed by atoms with van der Waals surface area (Å²) >= 11 is 6.47. The van der Waals surface area contributed by atoms with Crippen LogP contribution in [0.2, 0.25) is 5.02 Å². The van der Waals surface area contributed by atoms with Gasteiger partial charge in [0.1, 0.15) is 5.02 Å². The summed E-state index contributed by atoms with van der Waals surface area (Å²) in [6, 6.07) is 2.02. The van der Waals surface area contributed by atoms with Crippen molar-refractivity contribution in [3.8, 4) is 5.88 Å². The lowest BCUT2D eigenvalue weighted by molar-refractivity contribution is 0.185. The minimum absolute atomic E-state index is 0.112. The molecular weight excluding hydrogens is 428 g/mol. The van der Waals surface area contributed by atoms with Gasteiger partial charge in [-0.1, -0.05) is 18.5 Å². The number of nitrogens with zero attached hydrogens (tertiary/aromatic N) is 5. The summed E-state index contributed by atoms with van der Waals surface area (Å²) < 4.78 is 6.87. The highest BCUT2D eigenvalue weighted by Gasteiger charge is 2.46. The Kier molecular flexibility index (Phi) is 5.25. The Hall–Kier alpha value is -2.45. The minimum atomic E-state index is -0.112. The van der Waals surface area contributed by atoms with Gasteiger partial charge in [-0.15, -0.1) is 0 Å². The molecule has 2 N–H and O–H groups in total. The normalized spacial score (nSPS) is 24.0. The molecule has 0 unspecified atom stereocenters. The first-order valence-corrected chi connectivity index (χ1v) is 11.6. The lowest BCUT2D eigenvalue weighted by Gasteiger charge is -2.43. The van der Waals surface area contributed by atoms with Gasteiger partial charge in [-0.2, -0.15) is 0 Å². The van der Waals surface area contributed by atoms with Crippen molar-refractivity contribution >= 4 is 23.3 Å². The summed E-state index contributed by atoms with van der Waals surface area (Å²) in [5, 5.41) is 0.344. The predicted octanol–water partition coefficient (Wildman–Crippen LogP) is 2.53. The first-order valence-electron chi connectivity index (χ1n) is 11.2. The van der Waals surface area contributed by atoms with Crippen LogP contribution in [0.25, 0.3) is 0 Å². The van der Waals surface area contributed by atoms with Gasteiger partial charge in [0.25, 0.3) is 5.56 Å². The largest absolute Gasteiger partial charge is 0.480 e. The second-order valence-corrected chi connectivity index (χ2v) is 9.71. The standard InChI is InChI=1S/C23H29ClN6O2/c1-13-4-6-23(19(13)25)7-10-30(11-8-23)22-28-15-12-27-18(16(15)21(31)29(22)2)14-5-9-26-20(32-3)17(14)24/h5,9,13,19H,4,6-8,10-12,25H2,1-3H3/t13-,19-/m1/s1. The number of rotatable bonds is 3. The van der Waals surface area contributed by atoms with Crippen molar-refractivity contribution in [2.24, 2.45) is 29.1 Å². The van der Waals surface area contributed by atoms with Crippen molar-refractivity contribution in [3.63, 3.8) is 0 Å².